The zero-order valence-corrected chi connectivity index (χ0v) is 15.1. The molecule has 0 atom stereocenters. The lowest BCUT2D eigenvalue weighted by Crippen LogP contribution is -2.42. The van der Waals surface area contributed by atoms with Crippen molar-refractivity contribution in [2.24, 2.45) is 10.9 Å². The van der Waals surface area contributed by atoms with E-state index in [1.54, 1.807) is 7.05 Å². The highest BCUT2D eigenvalue weighted by molar-refractivity contribution is 14.0. The van der Waals surface area contributed by atoms with Crippen LogP contribution in [0.5, 0.6) is 0 Å². The third-order valence-electron chi connectivity index (χ3n) is 2.56. The first-order chi connectivity index (χ1) is 8.90. The van der Waals surface area contributed by atoms with Crippen LogP contribution in [0, 0.1) is 5.92 Å². The first-order valence-electron chi connectivity index (χ1n) is 6.82. The van der Waals surface area contributed by atoms with E-state index in [-0.39, 0.29) is 24.0 Å². The van der Waals surface area contributed by atoms with Gasteiger partial charge < -0.3 is 20.7 Å². The molecule has 1 fully saturated rings. The van der Waals surface area contributed by atoms with Crippen LogP contribution < -0.4 is 16.0 Å². The molecule has 0 aromatic rings. The smallest absolute Gasteiger partial charge is 0.407 e. The average molecular weight is 398 g/mol. The van der Waals surface area contributed by atoms with Gasteiger partial charge in [0.05, 0.1) is 0 Å². The minimum Gasteiger partial charge on any atom is -0.444 e. The summed E-state index contributed by atoms with van der Waals surface area (Å²) in [4.78, 5) is 15.5. The largest absolute Gasteiger partial charge is 0.444 e. The summed E-state index contributed by atoms with van der Waals surface area (Å²) in [5, 5.41) is 9.08. The quantitative estimate of drug-likeness (QED) is 0.285. The highest BCUT2D eigenvalue weighted by atomic mass is 127. The summed E-state index contributed by atoms with van der Waals surface area (Å²) < 4.78 is 5.13. The maximum Gasteiger partial charge on any atom is 0.407 e. The Morgan fingerprint density at radius 3 is 2.30 bits per heavy atom. The Bertz CT molecular complexity index is 325. The van der Waals surface area contributed by atoms with Crippen LogP contribution in [-0.4, -0.2) is 44.3 Å². The molecule has 20 heavy (non-hydrogen) atoms. The minimum atomic E-state index is -0.459. The monoisotopic (exact) mass is 398 g/mol. The summed E-state index contributed by atoms with van der Waals surface area (Å²) in [6, 6.07) is 0. The van der Waals surface area contributed by atoms with E-state index in [1.807, 2.05) is 20.8 Å². The van der Waals surface area contributed by atoms with Crippen LogP contribution in [0.3, 0.4) is 0 Å². The van der Waals surface area contributed by atoms with Crippen LogP contribution in [0.4, 0.5) is 4.79 Å². The Morgan fingerprint density at radius 2 is 1.80 bits per heavy atom. The fourth-order valence-electron chi connectivity index (χ4n) is 1.44. The Kier molecular flexibility index (Phi) is 8.91. The van der Waals surface area contributed by atoms with Crippen LogP contribution >= 0.6 is 24.0 Å². The fourth-order valence-corrected chi connectivity index (χ4v) is 1.44. The van der Waals surface area contributed by atoms with Gasteiger partial charge in [-0.3, -0.25) is 4.99 Å². The van der Waals surface area contributed by atoms with Gasteiger partial charge in [-0.1, -0.05) is 0 Å². The molecule has 1 rings (SSSR count). The summed E-state index contributed by atoms with van der Waals surface area (Å²) in [6.45, 7) is 7.61. The third-order valence-corrected chi connectivity index (χ3v) is 2.56. The molecule has 1 saturated carbocycles. The number of aliphatic imine (C=N–C) groups is 1. The fraction of sp³-hybridized carbons (Fsp3) is 0.846. The molecule has 1 amide bonds. The molecule has 0 unspecified atom stereocenters. The van der Waals surface area contributed by atoms with E-state index in [0.29, 0.717) is 13.1 Å². The van der Waals surface area contributed by atoms with E-state index in [2.05, 4.69) is 20.9 Å². The predicted molar refractivity (Wildman–Crippen MR) is 91.7 cm³/mol. The number of nitrogens with zero attached hydrogens (tertiary/aromatic N) is 1. The lowest BCUT2D eigenvalue weighted by Gasteiger charge is -2.19. The molecule has 0 saturated heterocycles. The highest BCUT2D eigenvalue weighted by Gasteiger charge is 2.21. The molecule has 0 aromatic carbocycles. The topological polar surface area (TPSA) is 74.8 Å². The van der Waals surface area contributed by atoms with Crippen LogP contribution in [0.25, 0.3) is 0 Å². The molecule has 6 nitrogen and oxygen atoms in total. The van der Waals surface area contributed by atoms with Gasteiger partial charge in [-0.15, -0.1) is 24.0 Å². The molecular weight excluding hydrogens is 371 g/mol. The van der Waals surface area contributed by atoms with E-state index >= 15 is 0 Å². The van der Waals surface area contributed by atoms with Crippen LogP contribution in [-0.2, 0) is 4.74 Å². The molecular formula is C13H27IN4O2. The van der Waals surface area contributed by atoms with Gasteiger partial charge in [0.2, 0.25) is 0 Å². The normalized spacial score (nSPS) is 15.1. The summed E-state index contributed by atoms with van der Waals surface area (Å²) >= 11 is 0. The van der Waals surface area contributed by atoms with Gasteiger partial charge in [-0.05, 0) is 39.5 Å². The van der Waals surface area contributed by atoms with E-state index in [0.717, 1.165) is 18.4 Å². The van der Waals surface area contributed by atoms with Gasteiger partial charge in [0.15, 0.2) is 5.96 Å². The molecule has 1 aliphatic rings. The van der Waals surface area contributed by atoms with Crippen molar-refractivity contribution in [3.05, 3.63) is 0 Å². The zero-order valence-electron chi connectivity index (χ0n) is 12.8. The second-order valence-electron chi connectivity index (χ2n) is 5.75. The third kappa shape index (κ3) is 10.1. The van der Waals surface area contributed by atoms with Crippen molar-refractivity contribution >= 4 is 36.0 Å². The van der Waals surface area contributed by atoms with Crippen molar-refractivity contribution in [2.75, 3.05) is 26.7 Å². The number of nitrogens with one attached hydrogen (secondary N) is 3. The van der Waals surface area contributed by atoms with Gasteiger partial charge >= 0.3 is 6.09 Å². The van der Waals surface area contributed by atoms with Crippen LogP contribution in [0.15, 0.2) is 4.99 Å². The Hall–Kier alpha value is -0.730. The first kappa shape index (κ1) is 19.3. The molecule has 118 valence electrons. The van der Waals surface area contributed by atoms with Crippen molar-refractivity contribution < 1.29 is 9.53 Å². The number of guanidine groups is 1. The number of ether oxygens (including phenoxy) is 1. The van der Waals surface area contributed by atoms with Crippen molar-refractivity contribution in [1.82, 2.24) is 16.0 Å². The number of halogens is 1. The SMILES string of the molecule is CN=C(NCCNC(=O)OC(C)(C)C)NCC1CC1.I. The molecule has 7 heteroatoms. The first-order valence-corrected chi connectivity index (χ1v) is 6.82. The van der Waals surface area contributed by atoms with Gasteiger partial charge in [-0.25, -0.2) is 4.79 Å². The number of amides is 1. The second-order valence-corrected chi connectivity index (χ2v) is 5.75. The maximum atomic E-state index is 11.4. The molecule has 1 aliphatic carbocycles. The van der Waals surface area contributed by atoms with E-state index in [9.17, 15) is 4.79 Å². The summed E-state index contributed by atoms with van der Waals surface area (Å²) in [5.41, 5.74) is -0.459. The van der Waals surface area contributed by atoms with Gasteiger partial charge in [0.1, 0.15) is 5.60 Å². The van der Waals surface area contributed by atoms with E-state index < -0.39 is 11.7 Å². The average Bonchev–Trinajstić information content (AvgIpc) is 3.09. The van der Waals surface area contributed by atoms with E-state index in [4.69, 9.17) is 4.74 Å². The summed E-state index contributed by atoms with van der Waals surface area (Å²) in [6.07, 6.45) is 2.23. The van der Waals surface area contributed by atoms with Crippen molar-refractivity contribution in [3.63, 3.8) is 0 Å². The summed E-state index contributed by atoms with van der Waals surface area (Å²) in [7, 11) is 1.74. The minimum absolute atomic E-state index is 0. The Balaban J connectivity index is 0.00000361. The number of hydrogen-bond acceptors (Lipinski definition) is 3. The maximum absolute atomic E-state index is 11.4. The molecule has 3 N–H and O–H groups in total. The lowest BCUT2D eigenvalue weighted by molar-refractivity contribution is 0.0529. The van der Waals surface area contributed by atoms with Crippen LogP contribution in [0.1, 0.15) is 33.6 Å². The standard InChI is InChI=1S/C13H26N4O2.HI/c1-13(2,3)19-12(18)16-8-7-15-11(14-4)17-9-10-5-6-10;/h10H,5-9H2,1-4H3,(H,16,18)(H2,14,15,17);1H. The van der Waals surface area contributed by atoms with E-state index in [1.165, 1.54) is 12.8 Å². The van der Waals surface area contributed by atoms with Crippen molar-refractivity contribution in [1.29, 1.82) is 0 Å². The molecule has 0 radical (unpaired) electrons. The number of rotatable bonds is 5. The highest BCUT2D eigenvalue weighted by Crippen LogP contribution is 2.27. The summed E-state index contributed by atoms with van der Waals surface area (Å²) in [5.74, 6) is 1.58. The molecule has 0 bridgehead atoms. The number of hydrogen-bond donors (Lipinski definition) is 3. The molecule has 0 spiro atoms. The number of carbonyl (C=O) groups excluding carboxylic acids is 1. The van der Waals surface area contributed by atoms with Crippen molar-refractivity contribution in [3.8, 4) is 0 Å². The Morgan fingerprint density at radius 1 is 1.20 bits per heavy atom. The second kappa shape index (κ2) is 9.25. The predicted octanol–water partition coefficient (Wildman–Crippen LogP) is 1.70. The zero-order chi connectivity index (χ0) is 14.3. The van der Waals surface area contributed by atoms with Crippen LogP contribution in [0.2, 0.25) is 0 Å². The lowest BCUT2D eigenvalue weighted by atomic mass is 10.2. The van der Waals surface area contributed by atoms with Gasteiger partial charge in [0, 0.05) is 26.7 Å². The number of carbonyl (C=O) groups is 1. The number of alkyl carbamates (subject to hydrolysis) is 1. The Labute approximate surface area is 138 Å². The van der Waals surface area contributed by atoms with Gasteiger partial charge in [0.25, 0.3) is 0 Å². The van der Waals surface area contributed by atoms with Gasteiger partial charge in [-0.2, -0.15) is 0 Å². The van der Waals surface area contributed by atoms with Crippen molar-refractivity contribution in [2.45, 2.75) is 39.2 Å². The molecule has 0 aliphatic heterocycles. The molecule has 0 heterocycles. The molecule has 0 aromatic heterocycles.